The minimum absolute atomic E-state index is 0.0128. The van der Waals surface area contributed by atoms with Crippen molar-refractivity contribution in [1.82, 2.24) is 0 Å². The quantitative estimate of drug-likeness (QED) is 0.698. The third-order valence-electron chi connectivity index (χ3n) is 2.59. The zero-order valence-corrected chi connectivity index (χ0v) is 13.7. The van der Waals surface area contributed by atoms with Crippen LogP contribution >= 0.6 is 27.3 Å². The van der Waals surface area contributed by atoms with Gasteiger partial charge in [-0.2, -0.15) is 0 Å². The van der Waals surface area contributed by atoms with Gasteiger partial charge in [0.2, 0.25) is 10.0 Å². The summed E-state index contributed by atoms with van der Waals surface area (Å²) in [6, 6.07) is 8.55. The van der Waals surface area contributed by atoms with E-state index in [1.165, 1.54) is 17.0 Å². The summed E-state index contributed by atoms with van der Waals surface area (Å²) in [4.78, 5) is 1.25. The summed E-state index contributed by atoms with van der Waals surface area (Å²) < 4.78 is 23.7. The van der Waals surface area contributed by atoms with Gasteiger partial charge in [0.25, 0.3) is 0 Å². The number of sulfonamides is 1. The number of anilines is 2. The highest BCUT2D eigenvalue weighted by atomic mass is 79.9. The maximum absolute atomic E-state index is 11.3. The summed E-state index contributed by atoms with van der Waals surface area (Å²) in [5.41, 5.74) is 6.68. The Morgan fingerprint density at radius 2 is 2.00 bits per heavy atom. The number of nitrogen functional groups attached to an aromatic ring is 1. The van der Waals surface area contributed by atoms with E-state index in [0.29, 0.717) is 17.9 Å². The molecule has 0 aliphatic heterocycles. The molecule has 0 unspecified atom stereocenters. The lowest BCUT2D eigenvalue weighted by Gasteiger charge is -2.08. The fourth-order valence-electron chi connectivity index (χ4n) is 1.70. The number of hydrogen-bond acceptors (Lipinski definition) is 5. The first-order chi connectivity index (χ1) is 9.34. The van der Waals surface area contributed by atoms with Crippen LogP contribution in [0.5, 0.6) is 0 Å². The molecule has 5 N–H and O–H groups in total. The topological polar surface area (TPSA) is 98.2 Å². The van der Waals surface area contributed by atoms with Crippen LogP contribution in [0, 0.1) is 0 Å². The highest BCUT2D eigenvalue weighted by Crippen LogP contribution is 2.23. The fraction of sp³-hybridized carbons (Fsp3) is 0.167. The molecule has 0 aliphatic rings. The van der Waals surface area contributed by atoms with Crippen molar-refractivity contribution in [2.75, 3.05) is 17.6 Å². The lowest BCUT2D eigenvalue weighted by molar-refractivity contribution is 0.598. The monoisotopic (exact) mass is 375 g/mol. The third-order valence-corrected chi connectivity index (χ3v) is 5.16. The van der Waals surface area contributed by atoms with Crippen molar-refractivity contribution in [1.29, 1.82) is 0 Å². The predicted octanol–water partition coefficient (Wildman–Crippen LogP) is 2.39. The molecule has 0 amide bonds. The lowest BCUT2D eigenvalue weighted by atomic mass is 10.2. The van der Waals surface area contributed by atoms with Gasteiger partial charge in [0, 0.05) is 22.8 Å². The zero-order valence-electron chi connectivity index (χ0n) is 10.5. The van der Waals surface area contributed by atoms with Gasteiger partial charge in [-0.25, -0.2) is 13.6 Å². The molecule has 108 valence electrons. The van der Waals surface area contributed by atoms with Crippen molar-refractivity contribution in [3.63, 3.8) is 0 Å². The van der Waals surface area contributed by atoms with E-state index in [1.807, 2.05) is 12.1 Å². The number of nitrogens with one attached hydrogen (secondary N) is 1. The highest BCUT2D eigenvalue weighted by molar-refractivity contribution is 9.11. The molecule has 1 aromatic heterocycles. The first-order valence-corrected chi connectivity index (χ1v) is 8.91. The van der Waals surface area contributed by atoms with E-state index in [2.05, 4.69) is 21.2 Å². The van der Waals surface area contributed by atoms with Gasteiger partial charge in [-0.3, -0.25) is 0 Å². The fourth-order valence-corrected chi connectivity index (χ4v) is 3.78. The molecule has 0 spiro atoms. The molecule has 0 saturated carbocycles. The second-order valence-electron chi connectivity index (χ2n) is 4.22. The maximum Gasteiger partial charge on any atom is 0.238 e. The normalized spacial score (nSPS) is 11.5. The van der Waals surface area contributed by atoms with Crippen LogP contribution in [0.4, 0.5) is 11.4 Å². The average molecular weight is 376 g/mol. The third kappa shape index (κ3) is 4.20. The van der Waals surface area contributed by atoms with Crippen LogP contribution in [-0.4, -0.2) is 15.0 Å². The summed E-state index contributed by atoms with van der Waals surface area (Å²) in [6.45, 7) is 0.681. The number of hydrogen-bond donors (Lipinski definition) is 3. The second kappa shape index (κ2) is 6.13. The Kier molecular flexibility index (Phi) is 4.69. The average Bonchev–Trinajstić information content (AvgIpc) is 2.73. The Bertz CT molecular complexity index is 713. The molecule has 8 heteroatoms. The van der Waals surface area contributed by atoms with E-state index in [9.17, 15) is 8.42 Å². The van der Waals surface area contributed by atoms with Crippen LogP contribution < -0.4 is 16.2 Å². The maximum atomic E-state index is 11.3. The van der Waals surface area contributed by atoms with Gasteiger partial charge in [-0.1, -0.05) is 0 Å². The van der Waals surface area contributed by atoms with Crippen molar-refractivity contribution < 1.29 is 8.42 Å². The molecule has 20 heavy (non-hydrogen) atoms. The van der Waals surface area contributed by atoms with Gasteiger partial charge >= 0.3 is 0 Å². The van der Waals surface area contributed by atoms with E-state index < -0.39 is 10.0 Å². The van der Waals surface area contributed by atoms with Crippen LogP contribution in [0.1, 0.15) is 4.88 Å². The minimum Gasteiger partial charge on any atom is -0.399 e. The van der Waals surface area contributed by atoms with Crippen LogP contribution in [0.25, 0.3) is 0 Å². The van der Waals surface area contributed by atoms with Crippen molar-refractivity contribution in [3.8, 4) is 0 Å². The van der Waals surface area contributed by atoms with Gasteiger partial charge in [-0.05, 0) is 52.7 Å². The zero-order chi connectivity index (χ0) is 14.8. The van der Waals surface area contributed by atoms with E-state index in [4.69, 9.17) is 10.9 Å². The van der Waals surface area contributed by atoms with Crippen LogP contribution in [0.2, 0.25) is 0 Å². The second-order valence-corrected chi connectivity index (χ2v) is 8.33. The highest BCUT2D eigenvalue weighted by Gasteiger charge is 2.09. The Morgan fingerprint density at radius 1 is 1.25 bits per heavy atom. The minimum atomic E-state index is -3.75. The Hall–Kier alpha value is -1.09. The Balaban J connectivity index is 2.04. The summed E-state index contributed by atoms with van der Waals surface area (Å²) in [5, 5.41) is 8.25. The number of thiophene rings is 1. The molecule has 0 bridgehead atoms. The van der Waals surface area contributed by atoms with Crippen LogP contribution in [0.15, 0.2) is 39.0 Å². The molecule has 2 aromatic rings. The summed E-state index contributed by atoms with van der Waals surface area (Å²) >= 11 is 5.08. The Labute approximate surface area is 130 Å². The molecule has 0 atom stereocenters. The van der Waals surface area contributed by atoms with Gasteiger partial charge in [0.1, 0.15) is 0 Å². The van der Waals surface area contributed by atoms with Gasteiger partial charge in [0.05, 0.1) is 8.68 Å². The molecule has 5 nitrogen and oxygen atoms in total. The van der Waals surface area contributed by atoms with Gasteiger partial charge in [0.15, 0.2) is 0 Å². The van der Waals surface area contributed by atoms with Crippen molar-refractivity contribution in [2.45, 2.75) is 11.3 Å². The van der Waals surface area contributed by atoms with E-state index in [-0.39, 0.29) is 4.90 Å². The molecule has 2 rings (SSSR count). The van der Waals surface area contributed by atoms with Crippen molar-refractivity contribution >= 4 is 48.7 Å². The Morgan fingerprint density at radius 3 is 2.60 bits per heavy atom. The standard InChI is InChI=1S/C12H14BrN3O2S2/c13-12-2-1-10(19-12)3-4-16-9-5-8(14)6-11(7-9)20(15,17)18/h1-2,5-7,16H,3-4,14H2,(H2,15,17,18). The van der Waals surface area contributed by atoms with Crippen LogP contribution in [0.3, 0.4) is 0 Å². The van der Waals surface area contributed by atoms with E-state index in [0.717, 1.165) is 10.2 Å². The SMILES string of the molecule is Nc1cc(NCCc2ccc(Br)s2)cc(S(N)(=O)=O)c1. The predicted molar refractivity (Wildman–Crippen MR) is 86.4 cm³/mol. The summed E-state index contributed by atoms with van der Waals surface area (Å²) in [5.74, 6) is 0. The lowest BCUT2D eigenvalue weighted by Crippen LogP contribution is -2.13. The summed E-state index contributed by atoms with van der Waals surface area (Å²) in [7, 11) is -3.75. The van der Waals surface area contributed by atoms with Crippen molar-refractivity contribution in [3.05, 3.63) is 39.0 Å². The molecular weight excluding hydrogens is 362 g/mol. The van der Waals surface area contributed by atoms with Crippen LogP contribution in [-0.2, 0) is 16.4 Å². The molecule has 1 aromatic carbocycles. The number of rotatable bonds is 5. The number of primary sulfonamides is 1. The van der Waals surface area contributed by atoms with Gasteiger partial charge < -0.3 is 11.1 Å². The first-order valence-electron chi connectivity index (χ1n) is 5.76. The molecule has 0 radical (unpaired) electrons. The summed E-state index contributed by atoms with van der Waals surface area (Å²) in [6.07, 6.45) is 0.843. The van der Waals surface area contributed by atoms with E-state index in [1.54, 1.807) is 17.4 Å². The molecule has 1 heterocycles. The number of nitrogens with two attached hydrogens (primary N) is 2. The van der Waals surface area contributed by atoms with Crippen molar-refractivity contribution in [2.24, 2.45) is 5.14 Å². The molecular formula is C12H14BrN3O2S2. The molecule has 0 fully saturated rings. The largest absolute Gasteiger partial charge is 0.399 e. The molecule has 0 aliphatic carbocycles. The van der Waals surface area contributed by atoms with Gasteiger partial charge in [-0.15, -0.1) is 11.3 Å². The number of halogens is 1. The van der Waals surface area contributed by atoms with E-state index >= 15 is 0 Å². The smallest absolute Gasteiger partial charge is 0.238 e. The first kappa shape index (κ1) is 15.3. The molecule has 0 saturated heterocycles. The number of benzene rings is 1.